The van der Waals surface area contributed by atoms with Crippen LogP contribution in [0.3, 0.4) is 0 Å². The van der Waals surface area contributed by atoms with Crippen LogP contribution in [-0.2, 0) is 0 Å². The molecule has 0 saturated carbocycles. The summed E-state index contributed by atoms with van der Waals surface area (Å²) in [6.07, 6.45) is 0. The van der Waals surface area contributed by atoms with Gasteiger partial charge in [-0.1, -0.05) is 12.1 Å². The zero-order valence-corrected chi connectivity index (χ0v) is 10.9. The molecule has 1 aromatic carbocycles. The van der Waals surface area contributed by atoms with Gasteiger partial charge in [-0.3, -0.25) is 0 Å². The minimum atomic E-state index is 0.793. The molecule has 1 aromatic heterocycles. The molecule has 0 radical (unpaired) electrons. The van der Waals surface area contributed by atoms with Crippen molar-refractivity contribution in [2.75, 3.05) is 0 Å². The normalized spacial score (nSPS) is 10.2. The van der Waals surface area contributed by atoms with E-state index in [0.29, 0.717) is 0 Å². The first-order valence-corrected chi connectivity index (χ1v) is 6.19. The lowest BCUT2D eigenvalue weighted by Crippen LogP contribution is -1.72. The fraction of sp³-hybridized carbons (Fsp3) is 0. The van der Waals surface area contributed by atoms with E-state index in [2.05, 4.69) is 44.6 Å². The first-order chi connectivity index (χ1) is 6.24. The van der Waals surface area contributed by atoms with Crippen LogP contribution in [0.2, 0.25) is 0 Å². The fourth-order valence-electron chi connectivity index (χ4n) is 1.16. The number of fused-ring (bicyclic) bond motifs is 1. The first kappa shape index (κ1) is 9.44. The van der Waals surface area contributed by atoms with Gasteiger partial charge in [-0.2, -0.15) is 5.26 Å². The number of nitrogens with zero attached hydrogens (tertiary/aromatic N) is 1. The Morgan fingerprint density at radius 2 is 2.23 bits per heavy atom. The van der Waals surface area contributed by atoms with E-state index in [0.717, 1.165) is 23.0 Å². The van der Waals surface area contributed by atoms with Crippen molar-refractivity contribution in [3.05, 3.63) is 31.1 Å². The van der Waals surface area contributed by atoms with Gasteiger partial charge in [0.05, 0.1) is 13.1 Å². The van der Waals surface area contributed by atoms with Gasteiger partial charge in [0, 0.05) is 9.86 Å². The molecule has 0 aliphatic carbocycles. The van der Waals surface area contributed by atoms with Crippen molar-refractivity contribution in [2.45, 2.75) is 0 Å². The zero-order valence-electron chi connectivity index (χ0n) is 6.34. The third-order valence-electron chi connectivity index (χ3n) is 1.74. The molecule has 0 aliphatic rings. The van der Waals surface area contributed by atoms with Crippen LogP contribution in [-0.4, -0.2) is 0 Å². The molecule has 0 aliphatic heterocycles. The molecule has 0 bridgehead atoms. The van der Waals surface area contributed by atoms with E-state index in [1.54, 1.807) is 11.3 Å². The molecule has 0 atom stereocenters. The maximum absolute atomic E-state index is 8.93. The second kappa shape index (κ2) is 3.56. The third kappa shape index (κ3) is 1.49. The highest BCUT2D eigenvalue weighted by molar-refractivity contribution is 14.1. The lowest BCUT2D eigenvalue weighted by Gasteiger charge is -1.91. The molecule has 2 aromatic rings. The highest BCUT2D eigenvalue weighted by Gasteiger charge is 2.10. The van der Waals surface area contributed by atoms with Crippen molar-refractivity contribution >= 4 is 59.9 Å². The topological polar surface area (TPSA) is 23.8 Å². The lowest BCUT2D eigenvalue weighted by atomic mass is 10.2. The monoisotopic (exact) mass is 363 g/mol. The predicted molar refractivity (Wildman–Crippen MR) is 67.0 cm³/mol. The van der Waals surface area contributed by atoms with Crippen LogP contribution < -0.4 is 0 Å². The second-order valence-electron chi connectivity index (χ2n) is 2.48. The minimum absolute atomic E-state index is 0.793. The first-order valence-electron chi connectivity index (χ1n) is 3.50. The van der Waals surface area contributed by atoms with E-state index in [-0.39, 0.29) is 0 Å². The number of hydrogen-bond acceptors (Lipinski definition) is 2. The molecule has 64 valence electrons. The Balaban J connectivity index is 2.96. The van der Waals surface area contributed by atoms with Crippen LogP contribution >= 0.6 is 49.9 Å². The SMILES string of the molecule is N#Cc1c(I)sc2c(Br)cccc12. The van der Waals surface area contributed by atoms with Crippen LogP contribution in [0.5, 0.6) is 0 Å². The highest BCUT2D eigenvalue weighted by atomic mass is 127. The molecule has 0 amide bonds. The van der Waals surface area contributed by atoms with Gasteiger partial charge in [-0.25, -0.2) is 0 Å². The van der Waals surface area contributed by atoms with Gasteiger partial charge >= 0.3 is 0 Å². The van der Waals surface area contributed by atoms with Crippen molar-refractivity contribution in [3.8, 4) is 6.07 Å². The van der Waals surface area contributed by atoms with Gasteiger partial charge in [0.15, 0.2) is 0 Å². The quantitative estimate of drug-likeness (QED) is 0.645. The van der Waals surface area contributed by atoms with E-state index in [1.165, 1.54) is 0 Å². The highest BCUT2D eigenvalue weighted by Crippen LogP contribution is 2.36. The Kier molecular flexibility index (Phi) is 2.58. The molecular formula is C9H3BrINS. The maximum Gasteiger partial charge on any atom is 0.102 e. The van der Waals surface area contributed by atoms with Gasteiger partial charge in [-0.05, 0) is 44.6 Å². The number of halogens is 2. The van der Waals surface area contributed by atoms with Gasteiger partial charge in [0.25, 0.3) is 0 Å². The summed E-state index contributed by atoms with van der Waals surface area (Å²) in [7, 11) is 0. The Hall–Kier alpha value is -0.120. The predicted octanol–water partition coefficient (Wildman–Crippen LogP) is 4.14. The average molecular weight is 364 g/mol. The summed E-state index contributed by atoms with van der Waals surface area (Å²) >= 11 is 7.32. The summed E-state index contributed by atoms with van der Waals surface area (Å²) in [6.45, 7) is 0. The second-order valence-corrected chi connectivity index (χ2v) is 6.16. The van der Waals surface area contributed by atoms with Crippen molar-refractivity contribution in [2.24, 2.45) is 0 Å². The zero-order chi connectivity index (χ0) is 9.42. The third-order valence-corrected chi connectivity index (χ3v) is 4.89. The fourth-order valence-corrected chi connectivity index (χ4v) is 3.72. The van der Waals surface area contributed by atoms with E-state index in [1.807, 2.05) is 18.2 Å². The van der Waals surface area contributed by atoms with E-state index in [4.69, 9.17) is 5.26 Å². The number of rotatable bonds is 0. The molecule has 0 spiro atoms. The Labute approximate surface area is 102 Å². The van der Waals surface area contributed by atoms with Crippen molar-refractivity contribution in [1.29, 1.82) is 5.26 Å². The number of hydrogen-bond donors (Lipinski definition) is 0. The summed E-state index contributed by atoms with van der Waals surface area (Å²) in [5, 5.41) is 9.98. The summed E-state index contributed by atoms with van der Waals surface area (Å²) in [4.78, 5) is 0. The Morgan fingerprint density at radius 3 is 2.92 bits per heavy atom. The van der Waals surface area contributed by atoms with Gasteiger partial charge in [0.2, 0.25) is 0 Å². The molecule has 1 heterocycles. The molecule has 0 N–H and O–H groups in total. The average Bonchev–Trinajstić information content (AvgIpc) is 2.43. The standard InChI is InChI=1S/C9H3BrINS/c10-7-3-1-2-5-6(4-12)9(11)13-8(5)7/h1-3H. The molecule has 2 rings (SSSR count). The largest absolute Gasteiger partial charge is 0.192 e. The number of nitriles is 1. The summed E-state index contributed by atoms with van der Waals surface area (Å²) < 4.78 is 3.28. The van der Waals surface area contributed by atoms with Crippen molar-refractivity contribution in [3.63, 3.8) is 0 Å². The Bertz CT molecular complexity index is 512. The van der Waals surface area contributed by atoms with Crippen LogP contribution in [0, 0.1) is 14.2 Å². The smallest absolute Gasteiger partial charge is 0.102 e. The van der Waals surface area contributed by atoms with Crippen LogP contribution in [0.15, 0.2) is 22.7 Å². The van der Waals surface area contributed by atoms with E-state index >= 15 is 0 Å². The maximum atomic E-state index is 8.93. The van der Waals surface area contributed by atoms with Crippen molar-refractivity contribution < 1.29 is 0 Å². The van der Waals surface area contributed by atoms with Crippen LogP contribution in [0.1, 0.15) is 5.56 Å². The molecule has 0 saturated heterocycles. The van der Waals surface area contributed by atoms with Gasteiger partial charge < -0.3 is 0 Å². The molecule has 4 heteroatoms. The number of thiophene rings is 1. The molecule has 0 unspecified atom stereocenters. The summed E-state index contributed by atoms with van der Waals surface area (Å²) in [5.74, 6) is 0. The molecule has 0 fully saturated rings. The molecular weight excluding hydrogens is 361 g/mol. The molecule has 13 heavy (non-hydrogen) atoms. The number of benzene rings is 1. The van der Waals surface area contributed by atoms with Gasteiger partial charge in [0.1, 0.15) is 6.07 Å². The molecule has 1 nitrogen and oxygen atoms in total. The summed E-state index contributed by atoms with van der Waals surface area (Å²) in [5.41, 5.74) is 0.793. The van der Waals surface area contributed by atoms with Crippen LogP contribution in [0.4, 0.5) is 0 Å². The minimum Gasteiger partial charge on any atom is -0.192 e. The van der Waals surface area contributed by atoms with Gasteiger partial charge in [-0.15, -0.1) is 11.3 Å². The van der Waals surface area contributed by atoms with Crippen molar-refractivity contribution in [1.82, 2.24) is 0 Å². The lowest BCUT2D eigenvalue weighted by molar-refractivity contribution is 1.51. The Morgan fingerprint density at radius 1 is 1.46 bits per heavy atom. The van der Waals surface area contributed by atoms with E-state index in [9.17, 15) is 0 Å². The van der Waals surface area contributed by atoms with Crippen LogP contribution in [0.25, 0.3) is 10.1 Å². The summed E-state index contributed by atoms with van der Waals surface area (Å²) in [6, 6.07) is 8.16. The van der Waals surface area contributed by atoms with E-state index < -0.39 is 0 Å².